The van der Waals surface area contributed by atoms with Crippen LogP contribution in [0.15, 0.2) is 36.4 Å². The summed E-state index contributed by atoms with van der Waals surface area (Å²) in [5.41, 5.74) is 2.51. The Morgan fingerprint density at radius 2 is 1.77 bits per heavy atom. The maximum absolute atomic E-state index is 6.10. The number of halogens is 1. The van der Waals surface area contributed by atoms with Crippen LogP contribution in [0.4, 0.5) is 11.4 Å². The fourth-order valence-electron chi connectivity index (χ4n) is 1.93. The number of anilines is 2. The van der Waals surface area contributed by atoms with Crippen molar-refractivity contribution >= 4 is 40.3 Å². The molecule has 0 aliphatic rings. The second-order valence-electron chi connectivity index (χ2n) is 4.56. The zero-order valence-corrected chi connectivity index (χ0v) is 14.1. The highest BCUT2D eigenvalue weighted by Crippen LogP contribution is 2.29. The van der Waals surface area contributed by atoms with Crippen molar-refractivity contribution in [2.24, 2.45) is 0 Å². The number of hydrogen-bond acceptors (Lipinski definition) is 3. The van der Waals surface area contributed by atoms with Crippen molar-refractivity contribution in [1.82, 2.24) is 0 Å². The molecule has 6 heteroatoms. The summed E-state index contributed by atoms with van der Waals surface area (Å²) in [6, 6.07) is 11.1. The molecule has 0 aliphatic carbocycles. The molecule has 0 heterocycles. The predicted molar refractivity (Wildman–Crippen MR) is 95.6 cm³/mol. The van der Waals surface area contributed by atoms with Gasteiger partial charge < -0.3 is 20.1 Å². The molecule has 0 bridgehead atoms. The Balaban J connectivity index is 2.16. The third-order valence-corrected chi connectivity index (χ3v) is 3.78. The van der Waals surface area contributed by atoms with Crippen LogP contribution in [0.3, 0.4) is 0 Å². The lowest BCUT2D eigenvalue weighted by molar-refractivity contribution is 0.405. The fraction of sp³-hybridized carbons (Fsp3) is 0.188. The highest BCUT2D eigenvalue weighted by molar-refractivity contribution is 7.80. The van der Waals surface area contributed by atoms with Crippen molar-refractivity contribution in [3.63, 3.8) is 0 Å². The quantitative estimate of drug-likeness (QED) is 0.806. The highest BCUT2D eigenvalue weighted by Gasteiger charge is 2.08. The Morgan fingerprint density at radius 1 is 1.05 bits per heavy atom. The number of rotatable bonds is 4. The standard InChI is InChI=1S/C16H17ClN2O2S/c1-10-12(17)5-4-6-13(10)18-16(22)19-14-9-11(20-2)7-8-15(14)21-3/h4-9H,1-3H3,(H2,18,19,22). The third-order valence-electron chi connectivity index (χ3n) is 3.17. The molecule has 2 aromatic rings. The smallest absolute Gasteiger partial charge is 0.175 e. The second kappa shape index (κ2) is 7.33. The second-order valence-corrected chi connectivity index (χ2v) is 5.37. The van der Waals surface area contributed by atoms with Crippen molar-refractivity contribution in [1.29, 1.82) is 0 Å². The Labute approximate surface area is 140 Å². The zero-order chi connectivity index (χ0) is 16.1. The Hall–Kier alpha value is -1.98. The molecule has 0 aromatic heterocycles. The summed E-state index contributed by atoms with van der Waals surface area (Å²) in [4.78, 5) is 0. The van der Waals surface area contributed by atoms with Crippen LogP contribution < -0.4 is 20.1 Å². The molecular weight excluding hydrogens is 320 g/mol. The molecule has 0 radical (unpaired) electrons. The molecule has 22 heavy (non-hydrogen) atoms. The van der Waals surface area contributed by atoms with E-state index < -0.39 is 0 Å². The molecule has 2 aromatic carbocycles. The lowest BCUT2D eigenvalue weighted by atomic mass is 10.2. The summed E-state index contributed by atoms with van der Waals surface area (Å²) in [6.07, 6.45) is 0. The van der Waals surface area contributed by atoms with Gasteiger partial charge in [-0.25, -0.2) is 0 Å². The summed E-state index contributed by atoms with van der Waals surface area (Å²) in [7, 11) is 3.21. The van der Waals surface area contributed by atoms with Gasteiger partial charge in [0.1, 0.15) is 11.5 Å². The third kappa shape index (κ3) is 3.81. The van der Waals surface area contributed by atoms with E-state index in [1.54, 1.807) is 14.2 Å². The zero-order valence-electron chi connectivity index (χ0n) is 12.6. The number of benzene rings is 2. The summed E-state index contributed by atoms with van der Waals surface area (Å²) >= 11 is 11.5. The first-order chi connectivity index (χ1) is 10.5. The molecule has 0 spiro atoms. The van der Waals surface area contributed by atoms with Crippen LogP contribution in [0.2, 0.25) is 5.02 Å². The van der Waals surface area contributed by atoms with Gasteiger partial charge in [0.2, 0.25) is 0 Å². The average Bonchev–Trinajstić information content (AvgIpc) is 2.51. The van der Waals surface area contributed by atoms with E-state index >= 15 is 0 Å². The van der Waals surface area contributed by atoms with Gasteiger partial charge in [-0.1, -0.05) is 17.7 Å². The first kappa shape index (κ1) is 16.4. The van der Waals surface area contributed by atoms with Crippen LogP contribution in [0, 0.1) is 6.92 Å². The monoisotopic (exact) mass is 336 g/mol. The molecule has 2 rings (SSSR count). The topological polar surface area (TPSA) is 42.5 Å². The van der Waals surface area contributed by atoms with Crippen LogP contribution >= 0.6 is 23.8 Å². The Bertz CT molecular complexity index is 692. The number of ether oxygens (including phenoxy) is 2. The molecule has 2 N–H and O–H groups in total. The van der Waals surface area contributed by atoms with Crippen molar-refractivity contribution in [2.45, 2.75) is 6.92 Å². The molecule has 0 atom stereocenters. The Kier molecular flexibility index (Phi) is 5.46. The van der Waals surface area contributed by atoms with Gasteiger partial charge in [0.25, 0.3) is 0 Å². The summed E-state index contributed by atoms with van der Waals surface area (Å²) < 4.78 is 10.5. The van der Waals surface area contributed by atoms with Crippen molar-refractivity contribution in [3.8, 4) is 11.5 Å². The van der Waals surface area contributed by atoms with E-state index in [2.05, 4.69) is 10.6 Å². The van der Waals surface area contributed by atoms with Gasteiger partial charge in [-0.05, 0) is 49.0 Å². The van der Waals surface area contributed by atoms with Gasteiger partial charge in [0.05, 0.1) is 19.9 Å². The van der Waals surface area contributed by atoms with Gasteiger partial charge >= 0.3 is 0 Å². The van der Waals surface area contributed by atoms with E-state index in [9.17, 15) is 0 Å². The van der Waals surface area contributed by atoms with Crippen LogP contribution in [-0.4, -0.2) is 19.3 Å². The van der Waals surface area contributed by atoms with E-state index in [4.69, 9.17) is 33.3 Å². The minimum Gasteiger partial charge on any atom is -0.497 e. The SMILES string of the molecule is COc1ccc(OC)c(NC(=S)Nc2cccc(Cl)c2C)c1. The molecule has 0 unspecified atom stereocenters. The first-order valence-electron chi connectivity index (χ1n) is 6.60. The summed E-state index contributed by atoms with van der Waals surface area (Å²) in [5.74, 6) is 1.39. The molecular formula is C16H17ClN2O2S. The van der Waals surface area contributed by atoms with Gasteiger partial charge in [0.15, 0.2) is 5.11 Å². The number of thiocarbonyl (C=S) groups is 1. The molecule has 4 nitrogen and oxygen atoms in total. The van der Waals surface area contributed by atoms with Gasteiger partial charge in [-0.2, -0.15) is 0 Å². The van der Waals surface area contributed by atoms with E-state index in [0.29, 0.717) is 21.6 Å². The lowest BCUT2D eigenvalue weighted by Crippen LogP contribution is -2.20. The van der Waals surface area contributed by atoms with Crippen LogP contribution in [0.25, 0.3) is 0 Å². The maximum atomic E-state index is 6.10. The average molecular weight is 337 g/mol. The summed E-state index contributed by atoms with van der Waals surface area (Å²) in [5, 5.41) is 7.36. The molecule has 0 saturated carbocycles. The minimum atomic E-state index is 0.442. The molecule has 0 fully saturated rings. The minimum absolute atomic E-state index is 0.442. The van der Waals surface area contributed by atoms with Crippen molar-refractivity contribution < 1.29 is 9.47 Å². The van der Waals surface area contributed by atoms with Gasteiger partial charge in [-0.3, -0.25) is 0 Å². The van der Waals surface area contributed by atoms with E-state index in [-0.39, 0.29) is 0 Å². The maximum Gasteiger partial charge on any atom is 0.175 e. The highest BCUT2D eigenvalue weighted by atomic mass is 35.5. The first-order valence-corrected chi connectivity index (χ1v) is 7.39. The molecule has 0 aliphatic heterocycles. The normalized spacial score (nSPS) is 10.0. The lowest BCUT2D eigenvalue weighted by Gasteiger charge is -2.15. The fourth-order valence-corrected chi connectivity index (χ4v) is 2.32. The van der Waals surface area contributed by atoms with E-state index in [0.717, 1.165) is 16.9 Å². The van der Waals surface area contributed by atoms with Crippen LogP contribution in [0.1, 0.15) is 5.56 Å². The Morgan fingerprint density at radius 3 is 2.45 bits per heavy atom. The molecule has 0 saturated heterocycles. The number of nitrogens with one attached hydrogen (secondary N) is 2. The van der Waals surface area contributed by atoms with Crippen LogP contribution in [0.5, 0.6) is 11.5 Å². The van der Waals surface area contributed by atoms with Crippen molar-refractivity contribution in [3.05, 3.63) is 47.0 Å². The van der Waals surface area contributed by atoms with Gasteiger partial charge in [0, 0.05) is 16.8 Å². The number of methoxy groups -OCH3 is 2. The van der Waals surface area contributed by atoms with Crippen molar-refractivity contribution in [2.75, 3.05) is 24.9 Å². The molecule has 0 amide bonds. The van der Waals surface area contributed by atoms with Gasteiger partial charge in [-0.15, -0.1) is 0 Å². The molecule has 116 valence electrons. The predicted octanol–water partition coefficient (Wildman–Crippen LogP) is 4.47. The summed E-state index contributed by atoms with van der Waals surface area (Å²) in [6.45, 7) is 1.93. The van der Waals surface area contributed by atoms with E-state index in [1.165, 1.54) is 0 Å². The van der Waals surface area contributed by atoms with E-state index in [1.807, 2.05) is 43.3 Å². The number of hydrogen-bond donors (Lipinski definition) is 2. The largest absolute Gasteiger partial charge is 0.497 e. The van der Waals surface area contributed by atoms with Crippen LogP contribution in [-0.2, 0) is 0 Å².